The van der Waals surface area contributed by atoms with Crippen LogP contribution in [-0.4, -0.2) is 23.7 Å². The van der Waals surface area contributed by atoms with Crippen LogP contribution in [0.5, 0.6) is 5.75 Å². The molecule has 0 bridgehead atoms. The van der Waals surface area contributed by atoms with Crippen LogP contribution in [0.1, 0.15) is 59.0 Å². The fourth-order valence-electron chi connectivity index (χ4n) is 1.92. The van der Waals surface area contributed by atoms with Crippen LogP contribution in [0.3, 0.4) is 0 Å². The van der Waals surface area contributed by atoms with E-state index in [0.717, 1.165) is 10.8 Å². The molecule has 4 nitrogen and oxygen atoms in total. The number of methoxy groups -OCH3 is 1. The Bertz CT molecular complexity index is 814. The molecule has 5 heteroatoms. The molecule has 1 heterocycles. The van der Waals surface area contributed by atoms with Crippen molar-refractivity contribution in [1.82, 2.24) is 4.98 Å². The van der Waals surface area contributed by atoms with Crippen molar-refractivity contribution in [3.05, 3.63) is 35.1 Å². The van der Waals surface area contributed by atoms with E-state index in [1.54, 1.807) is 20.1 Å². The molecule has 26 heavy (non-hydrogen) atoms. The van der Waals surface area contributed by atoms with E-state index in [0.29, 0.717) is 16.6 Å². The molecular formula is C21H28ClNO3. The lowest BCUT2D eigenvalue weighted by Crippen LogP contribution is -2.21. The number of benzene rings is 1. The Morgan fingerprint density at radius 2 is 1.54 bits per heavy atom. The average Bonchev–Trinajstić information content (AvgIpc) is 2.51. The van der Waals surface area contributed by atoms with Gasteiger partial charge in [0.1, 0.15) is 22.4 Å². The van der Waals surface area contributed by atoms with Crippen molar-refractivity contribution in [3.8, 4) is 5.75 Å². The second kappa shape index (κ2) is 8.17. The summed E-state index contributed by atoms with van der Waals surface area (Å²) in [5, 5.41) is 1.87. The van der Waals surface area contributed by atoms with Crippen LogP contribution in [0.15, 0.2) is 24.3 Å². The van der Waals surface area contributed by atoms with Gasteiger partial charge in [-0.1, -0.05) is 65.3 Å². The minimum Gasteiger partial charge on any atom is -0.496 e. The molecule has 0 N–H and O–H groups in total. The zero-order valence-electron chi connectivity index (χ0n) is 16.9. The summed E-state index contributed by atoms with van der Waals surface area (Å²) in [7, 11) is 1.59. The molecule has 0 aliphatic heterocycles. The molecule has 0 atom stereocenters. The van der Waals surface area contributed by atoms with E-state index in [1.165, 1.54) is 0 Å². The van der Waals surface area contributed by atoms with Gasteiger partial charge < -0.3 is 4.74 Å². The summed E-state index contributed by atoms with van der Waals surface area (Å²) < 4.78 is 5.31. The summed E-state index contributed by atoms with van der Waals surface area (Å²) in [6.07, 6.45) is 0. The predicted octanol–water partition coefficient (Wildman–Crippen LogP) is 5.75. The fraction of sp³-hybridized carbons (Fsp3) is 0.476. The van der Waals surface area contributed by atoms with Crippen LogP contribution < -0.4 is 4.74 Å². The number of pyridine rings is 1. The number of halogens is 1. The standard InChI is InChI=1S/C15H16ClNO2.C6H12O/c1-15(2,3)14(18)13-9-6-5-7-11(19-4)10(9)8-12(16)17-13;1-5(7)6(2,3)4/h5-8H,1-4H3;1-4H3. The van der Waals surface area contributed by atoms with E-state index in [2.05, 4.69) is 4.98 Å². The molecule has 0 amide bonds. The van der Waals surface area contributed by atoms with Crippen LogP contribution in [0.2, 0.25) is 5.15 Å². The number of rotatable bonds is 2. The summed E-state index contributed by atoms with van der Waals surface area (Å²) >= 11 is 6.03. The fourth-order valence-corrected chi connectivity index (χ4v) is 2.12. The Kier molecular flexibility index (Phi) is 6.95. The number of ether oxygens (including phenoxy) is 1. The number of aromatic nitrogens is 1. The number of Topliss-reactive ketones (excluding diaryl/α,β-unsaturated/α-hetero) is 2. The zero-order valence-corrected chi connectivity index (χ0v) is 17.6. The lowest BCUT2D eigenvalue weighted by atomic mass is 9.87. The van der Waals surface area contributed by atoms with Gasteiger partial charge in [-0.25, -0.2) is 4.98 Å². The number of hydrogen-bond donors (Lipinski definition) is 0. The largest absolute Gasteiger partial charge is 0.496 e. The molecule has 0 radical (unpaired) electrons. The SMILES string of the molecule is CC(=O)C(C)(C)C.COc1cccc2c(C(=O)C(C)(C)C)nc(Cl)cc12. The highest BCUT2D eigenvalue weighted by Gasteiger charge is 2.26. The second-order valence-corrected chi connectivity index (χ2v) is 8.62. The van der Waals surface area contributed by atoms with Gasteiger partial charge in [0.2, 0.25) is 0 Å². The van der Waals surface area contributed by atoms with Gasteiger partial charge in [0.05, 0.1) is 7.11 Å². The predicted molar refractivity (Wildman–Crippen MR) is 107 cm³/mol. The van der Waals surface area contributed by atoms with Crippen LogP contribution >= 0.6 is 11.6 Å². The summed E-state index contributed by atoms with van der Waals surface area (Å²) in [5.41, 5.74) is -0.248. The summed E-state index contributed by atoms with van der Waals surface area (Å²) in [4.78, 5) is 27.1. The molecule has 0 saturated carbocycles. The second-order valence-electron chi connectivity index (χ2n) is 8.23. The molecule has 2 aromatic rings. The highest BCUT2D eigenvalue weighted by atomic mass is 35.5. The Labute approximate surface area is 160 Å². The van der Waals surface area contributed by atoms with E-state index in [4.69, 9.17) is 16.3 Å². The smallest absolute Gasteiger partial charge is 0.187 e. The van der Waals surface area contributed by atoms with Crippen molar-refractivity contribution >= 4 is 33.9 Å². The number of carbonyl (C=O) groups excluding carboxylic acids is 2. The highest BCUT2D eigenvalue weighted by Crippen LogP contribution is 2.32. The molecule has 0 aliphatic rings. The van der Waals surface area contributed by atoms with Crippen molar-refractivity contribution in [2.75, 3.05) is 7.11 Å². The van der Waals surface area contributed by atoms with E-state index >= 15 is 0 Å². The van der Waals surface area contributed by atoms with Gasteiger partial charge in [0, 0.05) is 21.6 Å². The van der Waals surface area contributed by atoms with Crippen LogP contribution in [0.25, 0.3) is 10.8 Å². The molecule has 0 saturated heterocycles. The lowest BCUT2D eigenvalue weighted by Gasteiger charge is -2.18. The number of hydrogen-bond acceptors (Lipinski definition) is 4. The summed E-state index contributed by atoms with van der Waals surface area (Å²) in [6, 6.07) is 7.26. The third-order valence-corrected chi connectivity index (χ3v) is 4.17. The maximum absolute atomic E-state index is 12.5. The van der Waals surface area contributed by atoms with Gasteiger partial charge in [0.15, 0.2) is 5.78 Å². The first-order chi connectivity index (χ1) is 11.8. The minimum absolute atomic E-state index is 0.0340. The maximum Gasteiger partial charge on any atom is 0.187 e. The van der Waals surface area contributed by atoms with Crippen LogP contribution in [-0.2, 0) is 4.79 Å². The van der Waals surface area contributed by atoms with Crippen molar-refractivity contribution in [3.63, 3.8) is 0 Å². The van der Waals surface area contributed by atoms with Crippen molar-refractivity contribution < 1.29 is 14.3 Å². The Morgan fingerprint density at radius 3 is 1.96 bits per heavy atom. The average molecular weight is 378 g/mol. The molecule has 1 aromatic carbocycles. The van der Waals surface area contributed by atoms with E-state index in [1.807, 2.05) is 59.7 Å². The zero-order chi connectivity index (χ0) is 20.3. The highest BCUT2D eigenvalue weighted by molar-refractivity contribution is 6.30. The number of carbonyl (C=O) groups is 2. The Hall–Kier alpha value is -1.94. The Morgan fingerprint density at radius 1 is 1.00 bits per heavy atom. The van der Waals surface area contributed by atoms with Gasteiger partial charge >= 0.3 is 0 Å². The van der Waals surface area contributed by atoms with Crippen LogP contribution in [0.4, 0.5) is 0 Å². The normalized spacial score (nSPS) is 11.6. The third-order valence-electron chi connectivity index (χ3n) is 3.98. The molecule has 2 rings (SSSR count). The molecule has 0 aliphatic carbocycles. The van der Waals surface area contributed by atoms with Gasteiger partial charge in [-0.15, -0.1) is 0 Å². The van der Waals surface area contributed by atoms with Gasteiger partial charge in [-0.05, 0) is 19.1 Å². The Balaban J connectivity index is 0.000000412. The van der Waals surface area contributed by atoms with Gasteiger partial charge in [-0.2, -0.15) is 0 Å². The molecule has 0 fully saturated rings. The van der Waals surface area contributed by atoms with Crippen molar-refractivity contribution in [2.45, 2.75) is 48.5 Å². The van der Waals surface area contributed by atoms with E-state index < -0.39 is 5.41 Å². The topological polar surface area (TPSA) is 56.3 Å². The number of ketones is 2. The summed E-state index contributed by atoms with van der Waals surface area (Å²) in [5.74, 6) is 0.894. The van der Waals surface area contributed by atoms with Crippen molar-refractivity contribution in [1.29, 1.82) is 0 Å². The van der Waals surface area contributed by atoms with E-state index in [9.17, 15) is 9.59 Å². The van der Waals surface area contributed by atoms with Gasteiger partial charge in [0.25, 0.3) is 0 Å². The third kappa shape index (κ3) is 5.53. The number of nitrogens with zero attached hydrogens (tertiary/aromatic N) is 1. The minimum atomic E-state index is -0.506. The first-order valence-corrected chi connectivity index (χ1v) is 8.86. The van der Waals surface area contributed by atoms with Gasteiger partial charge in [-0.3, -0.25) is 9.59 Å². The van der Waals surface area contributed by atoms with Crippen molar-refractivity contribution in [2.24, 2.45) is 10.8 Å². The lowest BCUT2D eigenvalue weighted by molar-refractivity contribution is -0.124. The molecular weight excluding hydrogens is 350 g/mol. The molecule has 0 unspecified atom stereocenters. The monoisotopic (exact) mass is 377 g/mol. The number of fused-ring (bicyclic) bond motifs is 1. The van der Waals surface area contributed by atoms with E-state index in [-0.39, 0.29) is 17.0 Å². The quantitative estimate of drug-likeness (QED) is 0.494. The summed E-state index contributed by atoms with van der Waals surface area (Å²) in [6.45, 7) is 12.9. The molecule has 1 aromatic heterocycles. The molecule has 142 valence electrons. The first kappa shape index (κ1) is 22.1. The van der Waals surface area contributed by atoms with Crippen LogP contribution in [0, 0.1) is 10.8 Å². The maximum atomic E-state index is 12.5. The first-order valence-electron chi connectivity index (χ1n) is 8.48. The molecule has 0 spiro atoms.